The van der Waals surface area contributed by atoms with Crippen molar-refractivity contribution in [1.29, 1.82) is 0 Å². The third-order valence-corrected chi connectivity index (χ3v) is 5.56. The number of hydrogen-bond acceptors (Lipinski definition) is 5. The van der Waals surface area contributed by atoms with Gasteiger partial charge in [0.2, 0.25) is 5.89 Å². The maximum absolute atomic E-state index is 5.78. The first-order valence-electron chi connectivity index (χ1n) is 8.88. The van der Waals surface area contributed by atoms with Gasteiger partial charge in [-0.05, 0) is 43.4 Å². The van der Waals surface area contributed by atoms with Crippen LogP contribution in [0.4, 0.5) is 0 Å². The maximum atomic E-state index is 5.78. The quantitative estimate of drug-likeness (QED) is 0.853. The summed E-state index contributed by atoms with van der Waals surface area (Å²) in [4.78, 5) is 4.84. The Morgan fingerprint density at radius 1 is 1.08 bits per heavy atom. The van der Waals surface area contributed by atoms with Gasteiger partial charge in [0.05, 0.1) is 12.5 Å². The third-order valence-electron chi connectivity index (χ3n) is 5.56. The molecule has 0 atom stereocenters. The molecule has 5 heteroatoms. The van der Waals surface area contributed by atoms with Gasteiger partial charge in [-0.15, -0.1) is 0 Å². The number of hydrogen-bond donors (Lipinski definition) is 0. The zero-order valence-electron chi connectivity index (χ0n) is 14.2. The second-order valence-corrected chi connectivity index (χ2v) is 6.86. The lowest BCUT2D eigenvalue weighted by Crippen LogP contribution is -2.35. The topological polar surface area (TPSA) is 57.4 Å². The van der Waals surface area contributed by atoms with Crippen molar-refractivity contribution in [2.75, 3.05) is 20.3 Å². The molecule has 1 aromatic heterocycles. The molecule has 1 saturated carbocycles. The summed E-state index contributed by atoms with van der Waals surface area (Å²) >= 11 is 0. The van der Waals surface area contributed by atoms with E-state index in [2.05, 4.69) is 17.3 Å². The third kappa shape index (κ3) is 2.71. The number of rotatable bonds is 4. The van der Waals surface area contributed by atoms with E-state index >= 15 is 0 Å². The largest absolute Gasteiger partial charge is 0.497 e. The lowest BCUT2D eigenvalue weighted by Gasteiger charge is -2.34. The van der Waals surface area contributed by atoms with Crippen molar-refractivity contribution in [1.82, 2.24) is 10.1 Å². The molecule has 2 aliphatic rings. The van der Waals surface area contributed by atoms with Crippen LogP contribution < -0.4 is 4.74 Å². The zero-order valence-corrected chi connectivity index (χ0v) is 14.2. The molecule has 2 aromatic rings. The summed E-state index contributed by atoms with van der Waals surface area (Å²) in [6, 6.07) is 8.23. The van der Waals surface area contributed by atoms with Gasteiger partial charge in [0.25, 0.3) is 0 Å². The van der Waals surface area contributed by atoms with E-state index < -0.39 is 0 Å². The van der Waals surface area contributed by atoms with Crippen LogP contribution in [0, 0.1) is 0 Å². The lowest BCUT2D eigenvalue weighted by molar-refractivity contribution is 0.0523. The summed E-state index contributed by atoms with van der Waals surface area (Å²) in [5.74, 6) is 2.97. The molecule has 0 radical (unpaired) electrons. The van der Waals surface area contributed by atoms with Crippen LogP contribution in [-0.2, 0) is 10.2 Å². The van der Waals surface area contributed by atoms with Crippen LogP contribution in [0.3, 0.4) is 0 Å². The Bertz CT molecular complexity index is 668. The summed E-state index contributed by atoms with van der Waals surface area (Å²) in [6.07, 6.45) is 6.63. The van der Waals surface area contributed by atoms with Gasteiger partial charge in [0.1, 0.15) is 5.75 Å². The molecule has 0 spiro atoms. The highest BCUT2D eigenvalue weighted by Gasteiger charge is 2.42. The molecule has 0 amide bonds. The number of methoxy groups -OCH3 is 1. The molecule has 1 saturated heterocycles. The molecule has 4 rings (SSSR count). The molecule has 0 unspecified atom stereocenters. The SMILES string of the molecule is COc1ccc(C2(c3nc(C4CCCC4)no3)CCOCC2)cc1. The highest BCUT2D eigenvalue weighted by Crippen LogP contribution is 2.42. The molecule has 2 fully saturated rings. The Morgan fingerprint density at radius 3 is 2.46 bits per heavy atom. The summed E-state index contributed by atoms with van der Waals surface area (Å²) in [5.41, 5.74) is 0.960. The average Bonchev–Trinajstić information content (AvgIpc) is 3.34. The van der Waals surface area contributed by atoms with E-state index in [1.807, 2.05) is 12.1 Å². The van der Waals surface area contributed by atoms with Gasteiger partial charge in [-0.3, -0.25) is 0 Å². The van der Waals surface area contributed by atoms with Crippen LogP contribution >= 0.6 is 0 Å². The fourth-order valence-electron chi connectivity index (χ4n) is 4.04. The van der Waals surface area contributed by atoms with Crippen LogP contribution in [0.1, 0.15) is 61.7 Å². The first-order valence-corrected chi connectivity index (χ1v) is 8.88. The van der Waals surface area contributed by atoms with Crippen LogP contribution in [0.15, 0.2) is 28.8 Å². The normalized spacial score (nSPS) is 21.0. The van der Waals surface area contributed by atoms with E-state index in [-0.39, 0.29) is 5.41 Å². The first-order chi connectivity index (χ1) is 11.8. The molecule has 2 heterocycles. The molecule has 0 N–H and O–H groups in total. The van der Waals surface area contributed by atoms with E-state index in [0.717, 1.165) is 30.3 Å². The van der Waals surface area contributed by atoms with E-state index in [1.54, 1.807) is 7.11 Å². The van der Waals surface area contributed by atoms with Crippen molar-refractivity contribution in [3.63, 3.8) is 0 Å². The minimum absolute atomic E-state index is 0.242. The van der Waals surface area contributed by atoms with Crippen molar-refractivity contribution in [2.45, 2.75) is 49.9 Å². The predicted molar refractivity (Wildman–Crippen MR) is 89.3 cm³/mol. The minimum Gasteiger partial charge on any atom is -0.497 e. The molecular formula is C19H24N2O3. The Kier molecular flexibility index (Phi) is 4.27. The van der Waals surface area contributed by atoms with Crippen molar-refractivity contribution in [3.05, 3.63) is 41.5 Å². The highest BCUT2D eigenvalue weighted by molar-refractivity contribution is 5.37. The van der Waals surface area contributed by atoms with Gasteiger partial charge < -0.3 is 14.0 Å². The Morgan fingerprint density at radius 2 is 1.79 bits per heavy atom. The Balaban J connectivity index is 1.70. The summed E-state index contributed by atoms with van der Waals surface area (Å²) < 4.78 is 16.7. The molecule has 0 bridgehead atoms. The molecule has 1 aliphatic carbocycles. The van der Waals surface area contributed by atoms with Crippen molar-refractivity contribution in [3.8, 4) is 5.75 Å². The molecule has 5 nitrogen and oxygen atoms in total. The number of ether oxygens (including phenoxy) is 2. The van der Waals surface area contributed by atoms with Gasteiger partial charge in [-0.25, -0.2) is 0 Å². The first kappa shape index (κ1) is 15.6. The minimum atomic E-state index is -0.242. The van der Waals surface area contributed by atoms with E-state index in [1.165, 1.54) is 31.2 Å². The van der Waals surface area contributed by atoms with E-state index in [4.69, 9.17) is 19.0 Å². The molecule has 24 heavy (non-hydrogen) atoms. The van der Waals surface area contributed by atoms with Crippen molar-refractivity contribution >= 4 is 0 Å². The number of aromatic nitrogens is 2. The second-order valence-electron chi connectivity index (χ2n) is 6.86. The molecule has 1 aliphatic heterocycles. The van der Waals surface area contributed by atoms with E-state index in [9.17, 15) is 0 Å². The Hall–Kier alpha value is -1.88. The average molecular weight is 328 g/mol. The van der Waals surface area contributed by atoms with Gasteiger partial charge in [-0.1, -0.05) is 30.1 Å². The highest BCUT2D eigenvalue weighted by atomic mass is 16.5. The van der Waals surface area contributed by atoms with Crippen LogP contribution in [0.25, 0.3) is 0 Å². The van der Waals surface area contributed by atoms with Crippen molar-refractivity contribution in [2.24, 2.45) is 0 Å². The fraction of sp³-hybridized carbons (Fsp3) is 0.579. The summed E-state index contributed by atoms with van der Waals surface area (Å²) in [6.45, 7) is 1.43. The Labute approximate surface area is 142 Å². The van der Waals surface area contributed by atoms with E-state index in [0.29, 0.717) is 19.1 Å². The lowest BCUT2D eigenvalue weighted by atomic mass is 9.74. The van der Waals surface area contributed by atoms with Gasteiger partial charge in [0.15, 0.2) is 5.82 Å². The molecule has 1 aromatic carbocycles. The summed E-state index contributed by atoms with van der Waals surface area (Å²) in [5, 5.41) is 4.33. The van der Waals surface area contributed by atoms with Gasteiger partial charge >= 0.3 is 0 Å². The number of nitrogens with zero attached hydrogens (tertiary/aromatic N) is 2. The second kappa shape index (κ2) is 6.55. The van der Waals surface area contributed by atoms with Crippen LogP contribution in [0.2, 0.25) is 0 Å². The zero-order chi connectivity index (χ0) is 16.4. The molecular weight excluding hydrogens is 304 g/mol. The predicted octanol–water partition coefficient (Wildman–Crippen LogP) is 3.83. The monoisotopic (exact) mass is 328 g/mol. The fourth-order valence-corrected chi connectivity index (χ4v) is 4.04. The maximum Gasteiger partial charge on any atom is 0.237 e. The smallest absolute Gasteiger partial charge is 0.237 e. The summed E-state index contributed by atoms with van der Waals surface area (Å²) in [7, 11) is 1.69. The van der Waals surface area contributed by atoms with Crippen LogP contribution in [-0.4, -0.2) is 30.5 Å². The number of benzene rings is 1. The van der Waals surface area contributed by atoms with Gasteiger partial charge in [-0.2, -0.15) is 4.98 Å². The van der Waals surface area contributed by atoms with Crippen molar-refractivity contribution < 1.29 is 14.0 Å². The standard InChI is InChI=1S/C19H24N2O3/c1-22-16-8-6-15(7-9-16)19(10-12-23-13-11-19)18-20-17(21-24-18)14-4-2-3-5-14/h6-9,14H,2-5,10-13H2,1H3. The van der Waals surface area contributed by atoms with Crippen LogP contribution in [0.5, 0.6) is 5.75 Å². The van der Waals surface area contributed by atoms with Gasteiger partial charge in [0, 0.05) is 19.1 Å². The molecule has 128 valence electrons.